The number of aliphatic hydroxyl groups excluding tert-OH is 4. The Labute approximate surface area is 344 Å². The van der Waals surface area contributed by atoms with Gasteiger partial charge in [-0.25, -0.2) is 4.79 Å². The first-order chi connectivity index (χ1) is 27.8. The number of aliphatic hydroxyl groups is 4. The third-order valence-electron chi connectivity index (χ3n) is 9.87. The number of nitrogens with two attached hydrogens (primary N) is 1. The van der Waals surface area contributed by atoms with Crippen molar-refractivity contribution in [3.05, 3.63) is 29.8 Å². The van der Waals surface area contributed by atoms with Crippen molar-refractivity contribution in [2.24, 2.45) is 17.6 Å². The molecular weight excluding hydrogens is 802 g/mol. The molecule has 2 heterocycles. The van der Waals surface area contributed by atoms with Gasteiger partial charge in [0.15, 0.2) is 5.78 Å². The molecule has 2 aliphatic rings. The van der Waals surface area contributed by atoms with E-state index in [4.69, 9.17) is 10.5 Å². The maximum atomic E-state index is 14.1. The number of hydrogen-bond acceptors (Lipinski definition) is 16. The summed E-state index contributed by atoms with van der Waals surface area (Å²) in [4.78, 5) is 105. The monoisotopic (exact) mass is 855 g/mol. The SMILES string of the molecule is CC(C)[C@H](N)C(=O)N[C@@H](CC(=O)N[C@@H]1O[C@H](CO)[C@@H](O)[C@H](O)[C@H]1C(=O)CS)C(=O)N1CCC[C@H]1C(=O)NCC(=O)N[C@@H](Cc1ccc(O)cc1)C(=O)N[C@@H](CO)C(=O)O. The number of Topliss-reactive ketones (excluding diaryl/α,β-unsaturated/α-hetero) is 1. The molecule has 1 aromatic carbocycles. The zero-order valence-electron chi connectivity index (χ0n) is 32.4. The van der Waals surface area contributed by atoms with Gasteiger partial charge in [0.1, 0.15) is 48.4 Å². The van der Waals surface area contributed by atoms with E-state index in [1.54, 1.807) is 13.8 Å². The van der Waals surface area contributed by atoms with E-state index in [2.05, 4.69) is 39.2 Å². The van der Waals surface area contributed by atoms with Crippen LogP contribution in [-0.2, 0) is 49.5 Å². The lowest BCUT2D eigenvalue weighted by molar-refractivity contribution is -0.214. The van der Waals surface area contributed by atoms with Crippen LogP contribution in [0.5, 0.6) is 5.75 Å². The predicted octanol–water partition coefficient (Wildman–Crippen LogP) is -5.38. The Kier molecular flexibility index (Phi) is 18.4. The Morgan fingerprint density at radius 2 is 1.56 bits per heavy atom. The molecule has 2 saturated heterocycles. The van der Waals surface area contributed by atoms with E-state index in [1.165, 1.54) is 24.3 Å². The van der Waals surface area contributed by atoms with Crippen LogP contribution in [0.25, 0.3) is 0 Å². The zero-order chi connectivity index (χ0) is 44.1. The van der Waals surface area contributed by atoms with E-state index in [0.717, 1.165) is 4.90 Å². The average Bonchev–Trinajstić information content (AvgIpc) is 3.69. The summed E-state index contributed by atoms with van der Waals surface area (Å²) in [7, 11) is 0. The first kappa shape index (κ1) is 48.5. The minimum Gasteiger partial charge on any atom is -0.508 e. The summed E-state index contributed by atoms with van der Waals surface area (Å²) in [6.07, 6.45) is -7.00. The van der Waals surface area contributed by atoms with Gasteiger partial charge in [0.2, 0.25) is 35.4 Å². The van der Waals surface area contributed by atoms with Crippen molar-refractivity contribution in [2.75, 3.05) is 32.1 Å². The lowest BCUT2D eigenvalue weighted by Gasteiger charge is -2.41. The van der Waals surface area contributed by atoms with Crippen LogP contribution in [0.3, 0.4) is 0 Å². The van der Waals surface area contributed by atoms with Crippen molar-refractivity contribution in [3.8, 4) is 5.75 Å². The first-order valence-electron chi connectivity index (χ1n) is 18.7. The molecule has 0 spiro atoms. The van der Waals surface area contributed by atoms with Crippen molar-refractivity contribution in [2.45, 2.75) is 94.3 Å². The number of carboxylic acid groups (broad SMARTS) is 1. The number of nitrogens with zero attached hydrogens (tertiary/aromatic N) is 1. The molecule has 3 rings (SSSR count). The topological polar surface area (TPSA) is 357 Å². The Morgan fingerprint density at radius 3 is 2.14 bits per heavy atom. The average molecular weight is 856 g/mol. The van der Waals surface area contributed by atoms with Crippen molar-refractivity contribution in [1.29, 1.82) is 0 Å². The minimum absolute atomic E-state index is 0.00959. The Balaban J connectivity index is 1.76. The van der Waals surface area contributed by atoms with E-state index in [9.17, 15) is 69.0 Å². The first-order valence-corrected chi connectivity index (χ1v) is 19.4. The lowest BCUT2D eigenvalue weighted by atomic mass is 9.87. The molecule has 0 saturated carbocycles. The molecule has 0 bridgehead atoms. The Morgan fingerprint density at radius 1 is 0.915 bits per heavy atom. The second kappa shape index (κ2) is 22.5. The number of carbonyl (C=O) groups is 8. The molecule has 13 N–H and O–H groups in total. The standard InChI is InChI=1S/C36H53N7O15S/c1-16(2)28(37)33(54)40-20(11-25(48)42-34-27(23(47)15-59)30(51)29(50)24(14-45)58-34)35(55)43-9-3-4-22(43)32(53)38-12-26(49)39-19(10-17-5-7-18(46)8-6-17)31(52)41-21(13-44)36(56)57/h5-8,16,19-22,24,27-30,34,44-46,50-51,59H,3-4,9-15,37H2,1-2H3,(H,38,53)(H,39,49)(H,40,54)(H,41,52)(H,42,48)(H,56,57)/t19-,20-,21-,22-,24+,27+,28-,29+,30+,34+/m0/s1. The van der Waals surface area contributed by atoms with Gasteiger partial charge in [-0.15, -0.1) is 0 Å². The molecule has 1 aromatic rings. The molecule has 2 aliphatic heterocycles. The Bertz CT molecular complexity index is 1690. The maximum absolute atomic E-state index is 14.1. The van der Waals surface area contributed by atoms with Crippen LogP contribution >= 0.6 is 12.6 Å². The third kappa shape index (κ3) is 13.3. The number of phenolic OH excluding ortho intramolecular Hbond substituents is 1. The summed E-state index contributed by atoms with van der Waals surface area (Å²) >= 11 is 3.92. The van der Waals surface area contributed by atoms with E-state index >= 15 is 0 Å². The number of carboxylic acids is 1. The summed E-state index contributed by atoms with van der Waals surface area (Å²) in [5.74, 6) is -9.99. The number of nitrogens with one attached hydrogen (secondary N) is 5. The highest BCUT2D eigenvalue weighted by atomic mass is 32.1. The van der Waals surface area contributed by atoms with Gasteiger partial charge < -0.3 is 72.6 Å². The number of hydrogen-bond donors (Lipinski definition) is 13. The molecule has 0 aromatic heterocycles. The van der Waals surface area contributed by atoms with Crippen LogP contribution < -0.4 is 32.3 Å². The van der Waals surface area contributed by atoms with Crippen LogP contribution in [0.1, 0.15) is 38.7 Å². The van der Waals surface area contributed by atoms with Crippen LogP contribution in [0.4, 0.5) is 0 Å². The molecule has 0 radical (unpaired) electrons. The second-order valence-corrected chi connectivity index (χ2v) is 14.8. The number of benzene rings is 1. The summed E-state index contributed by atoms with van der Waals surface area (Å²) in [6, 6.07) is -1.47. The minimum atomic E-state index is -1.77. The van der Waals surface area contributed by atoms with Gasteiger partial charge in [0.05, 0.1) is 44.2 Å². The lowest BCUT2D eigenvalue weighted by Crippen LogP contribution is -2.63. The van der Waals surface area contributed by atoms with E-state index in [-0.39, 0.29) is 25.1 Å². The van der Waals surface area contributed by atoms with E-state index in [1.807, 2.05) is 0 Å². The summed E-state index contributed by atoms with van der Waals surface area (Å²) in [5, 5.41) is 70.6. The molecule has 2 fully saturated rings. The van der Waals surface area contributed by atoms with Gasteiger partial charge in [0.25, 0.3) is 0 Å². The molecule has 23 heteroatoms. The molecule has 0 aliphatic carbocycles. The van der Waals surface area contributed by atoms with Crippen molar-refractivity contribution >= 4 is 59.8 Å². The van der Waals surface area contributed by atoms with Gasteiger partial charge >= 0.3 is 5.97 Å². The van der Waals surface area contributed by atoms with Crippen molar-refractivity contribution in [3.63, 3.8) is 0 Å². The van der Waals surface area contributed by atoms with E-state index in [0.29, 0.717) is 12.0 Å². The largest absolute Gasteiger partial charge is 0.508 e. The summed E-state index contributed by atoms with van der Waals surface area (Å²) in [6.45, 7) is 0.832. The number of aliphatic carboxylic acids is 1. The molecule has 10 atom stereocenters. The maximum Gasteiger partial charge on any atom is 0.328 e. The number of aromatic hydroxyl groups is 1. The number of phenols is 1. The van der Waals surface area contributed by atoms with Gasteiger partial charge in [-0.2, -0.15) is 12.6 Å². The third-order valence-corrected chi connectivity index (χ3v) is 10.2. The predicted molar refractivity (Wildman–Crippen MR) is 206 cm³/mol. The number of amides is 6. The molecule has 22 nitrogen and oxygen atoms in total. The molecule has 0 unspecified atom stereocenters. The number of likely N-dealkylation sites (tertiary alicyclic amines) is 1. The molecule has 59 heavy (non-hydrogen) atoms. The molecule has 6 amide bonds. The fourth-order valence-corrected chi connectivity index (χ4v) is 6.66. The van der Waals surface area contributed by atoms with Gasteiger partial charge in [-0.1, -0.05) is 26.0 Å². The number of ketones is 1. The quantitative estimate of drug-likeness (QED) is 0.0545. The number of thiol groups is 1. The van der Waals surface area contributed by atoms with Crippen molar-refractivity contribution in [1.82, 2.24) is 31.5 Å². The van der Waals surface area contributed by atoms with Crippen LogP contribution in [-0.4, -0.2) is 170 Å². The molecule has 328 valence electrons. The van der Waals surface area contributed by atoms with Crippen LogP contribution in [0.2, 0.25) is 0 Å². The highest BCUT2D eigenvalue weighted by molar-refractivity contribution is 7.81. The Hall–Kier alpha value is -4.91. The van der Waals surface area contributed by atoms with Gasteiger partial charge in [-0.3, -0.25) is 33.6 Å². The number of rotatable bonds is 20. The number of ether oxygens (including phenoxy) is 1. The summed E-state index contributed by atoms with van der Waals surface area (Å²) in [5.41, 5.74) is 6.46. The second-order valence-electron chi connectivity index (χ2n) is 14.5. The normalized spacial score (nSPS) is 23.6. The van der Waals surface area contributed by atoms with Crippen LogP contribution in [0, 0.1) is 11.8 Å². The fourth-order valence-electron chi connectivity index (χ4n) is 6.45. The zero-order valence-corrected chi connectivity index (χ0v) is 33.2. The van der Waals surface area contributed by atoms with Gasteiger partial charge in [-0.05, 0) is 36.5 Å². The van der Waals surface area contributed by atoms with Crippen LogP contribution in [0.15, 0.2) is 24.3 Å². The summed E-state index contributed by atoms with van der Waals surface area (Å²) < 4.78 is 5.51. The van der Waals surface area contributed by atoms with Crippen molar-refractivity contribution < 1.29 is 73.7 Å². The molecular formula is C36H53N7O15S. The smallest absolute Gasteiger partial charge is 0.328 e. The number of carbonyl (C=O) groups excluding carboxylic acids is 7. The highest BCUT2D eigenvalue weighted by Crippen LogP contribution is 2.27. The highest BCUT2D eigenvalue weighted by Gasteiger charge is 2.48. The fraction of sp³-hybridized carbons (Fsp3) is 0.611. The van der Waals surface area contributed by atoms with E-state index < -0.39 is 146 Å². The van der Waals surface area contributed by atoms with Gasteiger partial charge in [0, 0.05) is 18.7 Å².